The number of nitrogens with one attached hydrogen (secondary N) is 3. The van der Waals surface area contributed by atoms with Crippen LogP contribution in [-0.2, 0) is 22.6 Å². The van der Waals surface area contributed by atoms with E-state index in [0.717, 1.165) is 19.5 Å². The van der Waals surface area contributed by atoms with Crippen molar-refractivity contribution in [3.05, 3.63) is 60.1 Å². The van der Waals surface area contributed by atoms with Crippen molar-refractivity contribution in [1.82, 2.24) is 20.9 Å². The van der Waals surface area contributed by atoms with Gasteiger partial charge >= 0.3 is 0 Å². The fourth-order valence-electron chi connectivity index (χ4n) is 3.40. The molecule has 1 saturated heterocycles. The highest BCUT2D eigenvalue weighted by molar-refractivity contribution is 5.86. The number of hydrogen-bond acceptors (Lipinski definition) is 4. The normalized spacial score (nSPS) is 16.6. The molecule has 1 unspecified atom stereocenters. The average Bonchev–Trinajstić information content (AvgIpc) is 3.41. The number of likely N-dealkylation sites (tertiary alicyclic amines) is 1. The summed E-state index contributed by atoms with van der Waals surface area (Å²) in [6.45, 7) is 2.55. The van der Waals surface area contributed by atoms with E-state index in [1.54, 1.807) is 25.4 Å². The number of furan rings is 1. The van der Waals surface area contributed by atoms with Crippen molar-refractivity contribution in [3.63, 3.8) is 0 Å². The van der Waals surface area contributed by atoms with E-state index in [-0.39, 0.29) is 24.3 Å². The van der Waals surface area contributed by atoms with Crippen LogP contribution >= 0.6 is 0 Å². The highest BCUT2D eigenvalue weighted by atomic mass is 16.3. The van der Waals surface area contributed by atoms with Gasteiger partial charge in [-0.1, -0.05) is 30.3 Å². The standard InChI is InChI=1S/C22H29N5O3/c1-23-22(26-15-20(28)24-14-19-8-5-11-30-19)25-13-18-12-21(29)27(16-18)10-9-17-6-3-2-4-7-17/h2-8,11,18H,9-10,12-16H2,1H3,(H,24,28)(H2,23,25,26). The van der Waals surface area contributed by atoms with Gasteiger partial charge < -0.3 is 25.3 Å². The van der Waals surface area contributed by atoms with E-state index in [0.29, 0.717) is 31.2 Å². The van der Waals surface area contributed by atoms with Crippen LogP contribution in [0.4, 0.5) is 0 Å². The molecule has 1 fully saturated rings. The highest BCUT2D eigenvalue weighted by Gasteiger charge is 2.29. The first-order chi connectivity index (χ1) is 14.6. The fourth-order valence-corrected chi connectivity index (χ4v) is 3.40. The van der Waals surface area contributed by atoms with Gasteiger partial charge in [0.2, 0.25) is 11.8 Å². The molecular formula is C22H29N5O3. The lowest BCUT2D eigenvalue weighted by Crippen LogP contribution is -2.44. The molecule has 30 heavy (non-hydrogen) atoms. The van der Waals surface area contributed by atoms with Crippen LogP contribution in [0, 0.1) is 5.92 Å². The summed E-state index contributed by atoms with van der Waals surface area (Å²) in [5, 5.41) is 8.97. The molecule has 8 nitrogen and oxygen atoms in total. The number of nitrogens with zero attached hydrogens (tertiary/aromatic N) is 2. The van der Waals surface area contributed by atoms with Crippen LogP contribution in [0.2, 0.25) is 0 Å². The van der Waals surface area contributed by atoms with Crippen LogP contribution in [0.25, 0.3) is 0 Å². The van der Waals surface area contributed by atoms with E-state index >= 15 is 0 Å². The van der Waals surface area contributed by atoms with Gasteiger partial charge in [-0.15, -0.1) is 0 Å². The van der Waals surface area contributed by atoms with Crippen LogP contribution in [-0.4, -0.2) is 55.9 Å². The molecule has 0 aliphatic carbocycles. The predicted octanol–water partition coefficient (Wildman–Crippen LogP) is 1.15. The van der Waals surface area contributed by atoms with Crippen molar-refractivity contribution in [2.24, 2.45) is 10.9 Å². The number of guanidine groups is 1. The number of benzene rings is 1. The maximum Gasteiger partial charge on any atom is 0.239 e. The Morgan fingerprint density at radius 3 is 2.73 bits per heavy atom. The lowest BCUT2D eigenvalue weighted by atomic mass is 10.1. The van der Waals surface area contributed by atoms with Crippen molar-refractivity contribution in [2.45, 2.75) is 19.4 Å². The molecule has 2 aromatic rings. The Kier molecular flexibility index (Phi) is 7.88. The van der Waals surface area contributed by atoms with Gasteiger partial charge in [0.05, 0.1) is 19.4 Å². The molecule has 3 N–H and O–H groups in total. The summed E-state index contributed by atoms with van der Waals surface area (Å²) in [6.07, 6.45) is 2.97. The number of carbonyl (C=O) groups is 2. The Morgan fingerprint density at radius 2 is 2.00 bits per heavy atom. The quantitative estimate of drug-likeness (QED) is 0.425. The van der Waals surface area contributed by atoms with Gasteiger partial charge in [-0.3, -0.25) is 14.6 Å². The van der Waals surface area contributed by atoms with E-state index < -0.39 is 0 Å². The van der Waals surface area contributed by atoms with Gasteiger partial charge in [-0.25, -0.2) is 0 Å². The van der Waals surface area contributed by atoms with Crippen molar-refractivity contribution in [3.8, 4) is 0 Å². The van der Waals surface area contributed by atoms with Crippen molar-refractivity contribution in [1.29, 1.82) is 0 Å². The first kappa shape index (κ1) is 21.4. The topological polar surface area (TPSA) is 99.0 Å². The summed E-state index contributed by atoms with van der Waals surface area (Å²) in [5.74, 6) is 1.50. The predicted molar refractivity (Wildman–Crippen MR) is 115 cm³/mol. The molecule has 0 radical (unpaired) electrons. The Morgan fingerprint density at radius 1 is 1.17 bits per heavy atom. The molecule has 2 heterocycles. The van der Waals surface area contributed by atoms with E-state index in [9.17, 15) is 9.59 Å². The second-order valence-electron chi connectivity index (χ2n) is 7.31. The minimum atomic E-state index is -0.155. The molecule has 0 saturated carbocycles. The molecule has 3 rings (SSSR count). The van der Waals surface area contributed by atoms with Gasteiger partial charge in [0.25, 0.3) is 0 Å². The van der Waals surface area contributed by atoms with E-state index in [1.165, 1.54) is 5.56 Å². The molecule has 1 aromatic heterocycles. The molecular weight excluding hydrogens is 382 g/mol. The van der Waals surface area contributed by atoms with Crippen LogP contribution in [0.5, 0.6) is 0 Å². The number of hydrogen-bond donors (Lipinski definition) is 3. The van der Waals surface area contributed by atoms with Crippen molar-refractivity contribution >= 4 is 17.8 Å². The molecule has 1 atom stereocenters. The lowest BCUT2D eigenvalue weighted by Gasteiger charge is -2.18. The second-order valence-corrected chi connectivity index (χ2v) is 7.31. The van der Waals surface area contributed by atoms with Gasteiger partial charge in [0.15, 0.2) is 5.96 Å². The van der Waals surface area contributed by atoms with Crippen LogP contribution in [0.15, 0.2) is 58.1 Å². The summed E-state index contributed by atoms with van der Waals surface area (Å²) in [6, 6.07) is 13.8. The maximum absolute atomic E-state index is 12.3. The zero-order chi connectivity index (χ0) is 21.2. The van der Waals surface area contributed by atoms with Gasteiger partial charge in [-0.2, -0.15) is 0 Å². The molecule has 1 aliphatic heterocycles. The minimum absolute atomic E-state index is 0.104. The molecule has 1 aromatic carbocycles. The summed E-state index contributed by atoms with van der Waals surface area (Å²) in [4.78, 5) is 30.3. The molecule has 0 spiro atoms. The van der Waals surface area contributed by atoms with Crippen molar-refractivity contribution < 1.29 is 14.0 Å². The number of carbonyl (C=O) groups excluding carboxylic acids is 2. The monoisotopic (exact) mass is 411 g/mol. The first-order valence-corrected chi connectivity index (χ1v) is 10.2. The van der Waals surface area contributed by atoms with Crippen LogP contribution in [0.1, 0.15) is 17.7 Å². The van der Waals surface area contributed by atoms with E-state index in [1.807, 2.05) is 23.1 Å². The van der Waals surface area contributed by atoms with Gasteiger partial charge in [0, 0.05) is 39.0 Å². The summed E-state index contributed by atoms with van der Waals surface area (Å²) in [7, 11) is 1.65. The molecule has 1 aliphatic rings. The zero-order valence-electron chi connectivity index (χ0n) is 17.3. The van der Waals surface area contributed by atoms with Gasteiger partial charge in [-0.05, 0) is 24.1 Å². The third-order valence-corrected chi connectivity index (χ3v) is 5.05. The summed E-state index contributed by atoms with van der Waals surface area (Å²) in [5.41, 5.74) is 1.24. The van der Waals surface area contributed by atoms with E-state index in [2.05, 4.69) is 33.1 Å². The minimum Gasteiger partial charge on any atom is -0.467 e. The average molecular weight is 412 g/mol. The lowest BCUT2D eigenvalue weighted by molar-refractivity contribution is -0.127. The van der Waals surface area contributed by atoms with Crippen LogP contribution < -0.4 is 16.0 Å². The van der Waals surface area contributed by atoms with Crippen LogP contribution in [0.3, 0.4) is 0 Å². The molecule has 2 amide bonds. The molecule has 8 heteroatoms. The molecule has 0 bridgehead atoms. The fraction of sp³-hybridized carbons (Fsp3) is 0.409. The zero-order valence-corrected chi connectivity index (χ0v) is 17.3. The third kappa shape index (κ3) is 6.65. The summed E-state index contributed by atoms with van der Waals surface area (Å²) >= 11 is 0. The Bertz CT molecular complexity index is 836. The van der Waals surface area contributed by atoms with Crippen molar-refractivity contribution in [2.75, 3.05) is 33.2 Å². The smallest absolute Gasteiger partial charge is 0.239 e. The van der Waals surface area contributed by atoms with Gasteiger partial charge in [0.1, 0.15) is 5.76 Å². The number of rotatable bonds is 9. The Balaban J connectivity index is 1.34. The second kappa shape index (κ2) is 11.0. The first-order valence-electron chi connectivity index (χ1n) is 10.2. The summed E-state index contributed by atoms with van der Waals surface area (Å²) < 4.78 is 5.18. The molecule has 160 valence electrons. The third-order valence-electron chi connectivity index (χ3n) is 5.05. The Hall–Kier alpha value is -3.29. The SMILES string of the molecule is CN=C(NCC(=O)NCc1ccco1)NCC1CC(=O)N(CCc2ccccc2)C1. The highest BCUT2D eigenvalue weighted by Crippen LogP contribution is 2.17. The number of aliphatic imine (C=N–C) groups is 1. The maximum atomic E-state index is 12.3. The largest absolute Gasteiger partial charge is 0.467 e. The van der Waals surface area contributed by atoms with E-state index in [4.69, 9.17) is 4.42 Å². The Labute approximate surface area is 176 Å². The number of amides is 2.